The molecule has 0 spiro atoms. The van der Waals surface area contributed by atoms with E-state index in [-0.39, 0.29) is 24.4 Å². The van der Waals surface area contributed by atoms with E-state index in [0.717, 1.165) is 12.0 Å². The maximum absolute atomic E-state index is 12.2. The molecule has 0 saturated heterocycles. The van der Waals surface area contributed by atoms with Gasteiger partial charge in [0.25, 0.3) is 0 Å². The fourth-order valence-electron chi connectivity index (χ4n) is 2.28. The van der Waals surface area contributed by atoms with Gasteiger partial charge in [0.2, 0.25) is 17.6 Å². The van der Waals surface area contributed by atoms with Gasteiger partial charge in [0.05, 0.1) is 0 Å². The summed E-state index contributed by atoms with van der Waals surface area (Å²) in [7, 11) is 1.79. The molecule has 1 aromatic carbocycles. The average molecular weight is 401 g/mol. The Kier molecular flexibility index (Phi) is 9.05. The largest absolute Gasteiger partial charge is 0.346 e. The first kappa shape index (κ1) is 22.4. The molecule has 1 atom stereocenters. The van der Waals surface area contributed by atoms with Gasteiger partial charge in [-0.15, -0.1) is 12.4 Å². The minimum absolute atomic E-state index is 0. The van der Waals surface area contributed by atoms with Crippen molar-refractivity contribution in [3.63, 3.8) is 0 Å². The molecule has 0 bridgehead atoms. The standard InChI is InChI=1S/C18H25ClN4O2.ClH/c1-12(2)15(20)10-11-23(3)17(24)9-8-16-21-18(22-25-16)13-4-6-14(19)7-5-13;/h4-7,12,15H,8-11,20H2,1-3H3;1H. The molecular formula is C18H26Cl2N4O2. The second-order valence-electron chi connectivity index (χ2n) is 6.53. The van der Waals surface area contributed by atoms with Crippen molar-refractivity contribution in [2.45, 2.75) is 39.2 Å². The number of halogens is 2. The number of rotatable bonds is 8. The third-order valence-electron chi connectivity index (χ3n) is 4.20. The molecule has 1 heterocycles. The summed E-state index contributed by atoms with van der Waals surface area (Å²) in [5, 5.41) is 4.60. The van der Waals surface area contributed by atoms with E-state index in [1.165, 1.54) is 0 Å². The number of nitrogens with zero attached hydrogens (tertiary/aromatic N) is 3. The molecule has 0 aliphatic heterocycles. The van der Waals surface area contributed by atoms with Crippen LogP contribution in [0.1, 0.15) is 32.6 Å². The van der Waals surface area contributed by atoms with Gasteiger partial charge in [-0.05, 0) is 36.6 Å². The molecule has 8 heteroatoms. The number of benzene rings is 1. The lowest BCUT2D eigenvalue weighted by Crippen LogP contribution is -2.34. The zero-order chi connectivity index (χ0) is 18.4. The monoisotopic (exact) mass is 400 g/mol. The second-order valence-corrected chi connectivity index (χ2v) is 6.97. The van der Waals surface area contributed by atoms with Crippen LogP contribution in [0.15, 0.2) is 28.8 Å². The Morgan fingerprint density at radius 2 is 1.96 bits per heavy atom. The van der Waals surface area contributed by atoms with Crippen molar-refractivity contribution in [3.8, 4) is 11.4 Å². The fraction of sp³-hybridized carbons (Fsp3) is 0.500. The van der Waals surface area contributed by atoms with Crippen LogP contribution in [0.2, 0.25) is 5.02 Å². The highest BCUT2D eigenvalue weighted by molar-refractivity contribution is 6.30. The van der Waals surface area contributed by atoms with Gasteiger partial charge in [-0.2, -0.15) is 4.98 Å². The van der Waals surface area contributed by atoms with Crippen LogP contribution in [0, 0.1) is 5.92 Å². The molecule has 2 rings (SSSR count). The van der Waals surface area contributed by atoms with Gasteiger partial charge < -0.3 is 15.2 Å². The Hall–Kier alpha value is -1.63. The number of carbonyl (C=O) groups excluding carboxylic acids is 1. The molecule has 0 fully saturated rings. The van der Waals surface area contributed by atoms with E-state index < -0.39 is 0 Å². The van der Waals surface area contributed by atoms with E-state index in [2.05, 4.69) is 24.0 Å². The SMILES string of the molecule is CC(C)C(N)CCN(C)C(=O)CCc1nc(-c2ccc(Cl)cc2)no1.Cl. The highest BCUT2D eigenvalue weighted by Crippen LogP contribution is 2.19. The van der Waals surface area contributed by atoms with Crippen LogP contribution in [0.3, 0.4) is 0 Å². The first-order valence-electron chi connectivity index (χ1n) is 8.45. The number of aromatic nitrogens is 2. The molecule has 2 N–H and O–H groups in total. The van der Waals surface area contributed by atoms with E-state index in [1.54, 1.807) is 24.1 Å². The number of aryl methyl sites for hydroxylation is 1. The van der Waals surface area contributed by atoms with Crippen LogP contribution in [0.25, 0.3) is 11.4 Å². The Balaban J connectivity index is 0.00000338. The summed E-state index contributed by atoms with van der Waals surface area (Å²) in [6.45, 7) is 4.82. The van der Waals surface area contributed by atoms with Crippen molar-refractivity contribution in [1.29, 1.82) is 0 Å². The number of amides is 1. The van der Waals surface area contributed by atoms with Gasteiger partial charge in [-0.1, -0.05) is 30.6 Å². The molecule has 26 heavy (non-hydrogen) atoms. The number of hydrogen-bond acceptors (Lipinski definition) is 5. The van der Waals surface area contributed by atoms with Crippen LogP contribution < -0.4 is 5.73 Å². The zero-order valence-electron chi connectivity index (χ0n) is 15.3. The normalized spacial score (nSPS) is 11.9. The maximum Gasteiger partial charge on any atom is 0.227 e. The summed E-state index contributed by atoms with van der Waals surface area (Å²) in [5.41, 5.74) is 6.84. The summed E-state index contributed by atoms with van der Waals surface area (Å²) < 4.78 is 5.22. The molecule has 144 valence electrons. The molecule has 0 aliphatic carbocycles. The van der Waals surface area contributed by atoms with Gasteiger partial charge in [0, 0.05) is 43.1 Å². The minimum atomic E-state index is 0. The van der Waals surface area contributed by atoms with E-state index in [9.17, 15) is 4.79 Å². The first-order chi connectivity index (χ1) is 11.9. The van der Waals surface area contributed by atoms with Gasteiger partial charge in [-0.25, -0.2) is 0 Å². The van der Waals surface area contributed by atoms with Gasteiger partial charge >= 0.3 is 0 Å². The second kappa shape index (κ2) is 10.5. The number of carbonyl (C=O) groups is 1. The Morgan fingerprint density at radius 1 is 1.31 bits per heavy atom. The molecule has 0 radical (unpaired) electrons. The zero-order valence-corrected chi connectivity index (χ0v) is 16.9. The maximum atomic E-state index is 12.2. The number of nitrogens with two attached hydrogens (primary N) is 1. The molecule has 0 aliphatic rings. The Bertz CT molecular complexity index is 689. The predicted octanol–water partition coefficient (Wildman–Crippen LogP) is 3.58. The molecular weight excluding hydrogens is 375 g/mol. The van der Waals surface area contributed by atoms with Crippen LogP contribution >= 0.6 is 24.0 Å². The molecule has 1 unspecified atom stereocenters. The van der Waals surface area contributed by atoms with Crippen molar-refractivity contribution in [1.82, 2.24) is 15.0 Å². The van der Waals surface area contributed by atoms with Crippen molar-refractivity contribution in [2.75, 3.05) is 13.6 Å². The predicted molar refractivity (Wildman–Crippen MR) is 105 cm³/mol. The van der Waals surface area contributed by atoms with Crippen LogP contribution in [0.4, 0.5) is 0 Å². The fourth-order valence-corrected chi connectivity index (χ4v) is 2.40. The van der Waals surface area contributed by atoms with Gasteiger partial charge in [0.15, 0.2) is 0 Å². The smallest absolute Gasteiger partial charge is 0.227 e. The minimum Gasteiger partial charge on any atom is -0.346 e. The van der Waals surface area contributed by atoms with Crippen LogP contribution in [0.5, 0.6) is 0 Å². The van der Waals surface area contributed by atoms with Crippen LogP contribution in [-0.4, -0.2) is 40.6 Å². The Labute approximate surface area is 165 Å². The molecule has 0 saturated carbocycles. The number of hydrogen-bond donors (Lipinski definition) is 1. The highest BCUT2D eigenvalue weighted by Gasteiger charge is 2.15. The van der Waals surface area contributed by atoms with E-state index in [1.807, 2.05) is 12.1 Å². The van der Waals surface area contributed by atoms with E-state index in [4.69, 9.17) is 21.9 Å². The quantitative estimate of drug-likeness (QED) is 0.731. The Morgan fingerprint density at radius 3 is 2.58 bits per heavy atom. The molecule has 2 aromatic rings. The highest BCUT2D eigenvalue weighted by atomic mass is 35.5. The van der Waals surface area contributed by atoms with Crippen LogP contribution in [-0.2, 0) is 11.2 Å². The third-order valence-corrected chi connectivity index (χ3v) is 4.46. The third kappa shape index (κ3) is 6.59. The molecule has 1 aromatic heterocycles. The summed E-state index contributed by atoms with van der Waals surface area (Å²) in [4.78, 5) is 18.2. The lowest BCUT2D eigenvalue weighted by Gasteiger charge is -2.21. The summed E-state index contributed by atoms with van der Waals surface area (Å²) in [6.07, 6.45) is 1.54. The first-order valence-corrected chi connectivity index (χ1v) is 8.82. The van der Waals surface area contributed by atoms with Crippen molar-refractivity contribution >= 4 is 29.9 Å². The summed E-state index contributed by atoms with van der Waals surface area (Å²) in [6, 6.07) is 7.30. The molecule has 6 nitrogen and oxygen atoms in total. The van der Waals surface area contributed by atoms with Crippen molar-refractivity contribution in [3.05, 3.63) is 35.2 Å². The van der Waals surface area contributed by atoms with Gasteiger partial charge in [-0.3, -0.25) is 4.79 Å². The van der Waals surface area contributed by atoms with Gasteiger partial charge in [0.1, 0.15) is 0 Å². The lowest BCUT2D eigenvalue weighted by molar-refractivity contribution is -0.130. The average Bonchev–Trinajstić information content (AvgIpc) is 3.06. The topological polar surface area (TPSA) is 85.2 Å². The lowest BCUT2D eigenvalue weighted by atomic mass is 10.0. The van der Waals surface area contributed by atoms with E-state index in [0.29, 0.717) is 42.0 Å². The van der Waals surface area contributed by atoms with Crippen molar-refractivity contribution < 1.29 is 9.32 Å². The molecule has 1 amide bonds. The summed E-state index contributed by atoms with van der Waals surface area (Å²) in [5.74, 6) is 1.40. The van der Waals surface area contributed by atoms with E-state index >= 15 is 0 Å². The van der Waals surface area contributed by atoms with Crippen molar-refractivity contribution in [2.24, 2.45) is 11.7 Å². The summed E-state index contributed by atoms with van der Waals surface area (Å²) >= 11 is 5.87.